The van der Waals surface area contributed by atoms with Crippen molar-refractivity contribution in [2.75, 3.05) is 13.1 Å². The van der Waals surface area contributed by atoms with Crippen LogP contribution < -0.4 is 5.32 Å². The van der Waals surface area contributed by atoms with Gasteiger partial charge in [-0.15, -0.1) is 0 Å². The quantitative estimate of drug-likeness (QED) is 0.788. The molecular weight excluding hydrogens is 256 g/mol. The number of likely N-dealkylation sites (tertiary alicyclic amines) is 1. The first-order valence-electron chi connectivity index (χ1n) is 7.86. The number of hydrogen-bond acceptors (Lipinski definition) is 2. The summed E-state index contributed by atoms with van der Waals surface area (Å²) in [5.41, 5.74) is 0. The number of carbonyl (C=O) groups is 2. The van der Waals surface area contributed by atoms with Crippen LogP contribution in [0.25, 0.3) is 0 Å². The Kier molecular flexibility index (Phi) is 7.41. The van der Waals surface area contributed by atoms with Crippen molar-refractivity contribution in [3.63, 3.8) is 0 Å². The second-order valence-corrected chi connectivity index (χ2v) is 5.70. The van der Waals surface area contributed by atoms with Crippen LogP contribution in [0, 0.1) is 5.92 Å². The van der Waals surface area contributed by atoms with Crippen LogP contribution in [0.2, 0.25) is 0 Å². The van der Waals surface area contributed by atoms with Crippen LogP contribution in [-0.4, -0.2) is 41.1 Å². The van der Waals surface area contributed by atoms with Crippen LogP contribution in [0.3, 0.4) is 0 Å². The molecule has 1 fully saturated rings. The maximum Gasteiger partial charge on any atom is 0.326 e. The molecule has 0 radical (unpaired) electrons. The molecule has 2 N–H and O–H groups in total. The molecule has 0 aliphatic carbocycles. The van der Waals surface area contributed by atoms with Gasteiger partial charge in [-0.3, -0.25) is 0 Å². The predicted octanol–water partition coefficient (Wildman–Crippen LogP) is 2.85. The molecule has 2 atom stereocenters. The van der Waals surface area contributed by atoms with Crippen molar-refractivity contribution in [3.8, 4) is 0 Å². The van der Waals surface area contributed by atoms with E-state index in [1.54, 1.807) is 4.90 Å². The Labute approximate surface area is 121 Å². The second kappa shape index (κ2) is 8.82. The van der Waals surface area contributed by atoms with E-state index in [4.69, 9.17) is 5.11 Å². The van der Waals surface area contributed by atoms with Gasteiger partial charge in [-0.25, -0.2) is 9.59 Å². The predicted molar refractivity (Wildman–Crippen MR) is 78.7 cm³/mol. The molecule has 20 heavy (non-hydrogen) atoms. The molecule has 1 saturated heterocycles. The zero-order valence-corrected chi connectivity index (χ0v) is 12.7. The van der Waals surface area contributed by atoms with E-state index < -0.39 is 12.0 Å². The molecule has 1 heterocycles. The molecule has 0 spiro atoms. The number of aliphatic carboxylic acids is 1. The van der Waals surface area contributed by atoms with Gasteiger partial charge in [0.25, 0.3) is 0 Å². The van der Waals surface area contributed by atoms with Crippen LogP contribution in [-0.2, 0) is 4.79 Å². The molecule has 0 aromatic carbocycles. The van der Waals surface area contributed by atoms with E-state index in [-0.39, 0.29) is 6.03 Å². The van der Waals surface area contributed by atoms with Gasteiger partial charge in [-0.2, -0.15) is 0 Å². The summed E-state index contributed by atoms with van der Waals surface area (Å²) in [4.78, 5) is 25.0. The van der Waals surface area contributed by atoms with Gasteiger partial charge in [0.15, 0.2) is 0 Å². The Balaban J connectivity index is 2.48. The third-order valence-electron chi connectivity index (χ3n) is 4.00. The number of carboxylic acids is 1. The van der Waals surface area contributed by atoms with Gasteiger partial charge < -0.3 is 15.3 Å². The van der Waals surface area contributed by atoms with Crippen molar-refractivity contribution < 1.29 is 14.7 Å². The monoisotopic (exact) mass is 284 g/mol. The number of amides is 2. The van der Waals surface area contributed by atoms with Gasteiger partial charge in [0.05, 0.1) is 0 Å². The molecular formula is C15H28N2O3. The largest absolute Gasteiger partial charge is 0.480 e. The average molecular weight is 284 g/mol. The summed E-state index contributed by atoms with van der Waals surface area (Å²) >= 11 is 0. The molecule has 2 amide bonds. The highest BCUT2D eigenvalue weighted by molar-refractivity contribution is 5.82. The van der Waals surface area contributed by atoms with Crippen LogP contribution in [0.15, 0.2) is 0 Å². The summed E-state index contributed by atoms with van der Waals surface area (Å²) in [7, 11) is 0. The lowest BCUT2D eigenvalue weighted by atomic mass is 9.96. The van der Waals surface area contributed by atoms with Crippen molar-refractivity contribution in [2.45, 2.75) is 64.8 Å². The summed E-state index contributed by atoms with van der Waals surface area (Å²) in [6, 6.07) is -0.981. The van der Waals surface area contributed by atoms with Gasteiger partial charge in [0.1, 0.15) is 6.04 Å². The number of urea groups is 1. The fourth-order valence-electron chi connectivity index (χ4n) is 2.85. The zero-order chi connectivity index (χ0) is 15.0. The van der Waals surface area contributed by atoms with E-state index in [9.17, 15) is 9.59 Å². The van der Waals surface area contributed by atoms with Gasteiger partial charge in [-0.05, 0) is 31.6 Å². The molecule has 116 valence electrons. The number of carboxylic acid groups (broad SMARTS) is 1. The fraction of sp³-hybridized carbons (Fsp3) is 0.867. The smallest absolute Gasteiger partial charge is 0.326 e. The van der Waals surface area contributed by atoms with Crippen molar-refractivity contribution in [1.82, 2.24) is 10.2 Å². The maximum absolute atomic E-state index is 12.2. The minimum atomic E-state index is -0.945. The lowest BCUT2D eigenvalue weighted by molar-refractivity contribution is -0.139. The van der Waals surface area contributed by atoms with Crippen molar-refractivity contribution in [2.24, 2.45) is 5.92 Å². The fourth-order valence-corrected chi connectivity index (χ4v) is 2.85. The van der Waals surface area contributed by atoms with Crippen LogP contribution in [0.4, 0.5) is 4.79 Å². The Morgan fingerprint density at radius 1 is 1.25 bits per heavy atom. The molecule has 2 unspecified atom stereocenters. The average Bonchev–Trinajstić information content (AvgIpc) is 2.64. The van der Waals surface area contributed by atoms with E-state index in [0.717, 1.165) is 32.4 Å². The number of rotatable bonds is 6. The minimum Gasteiger partial charge on any atom is -0.480 e. The van der Waals surface area contributed by atoms with E-state index in [0.29, 0.717) is 12.3 Å². The maximum atomic E-state index is 12.2. The Bertz CT molecular complexity index is 320. The van der Waals surface area contributed by atoms with Gasteiger partial charge in [0, 0.05) is 13.1 Å². The highest BCUT2D eigenvalue weighted by Gasteiger charge is 2.24. The molecule has 0 bridgehead atoms. The van der Waals surface area contributed by atoms with Crippen molar-refractivity contribution >= 4 is 12.0 Å². The summed E-state index contributed by atoms with van der Waals surface area (Å²) in [6.07, 6.45) is 6.87. The minimum absolute atomic E-state index is 0.219. The van der Waals surface area contributed by atoms with Gasteiger partial charge in [0.2, 0.25) is 0 Å². The first kappa shape index (κ1) is 16.8. The normalized spacial score (nSPS) is 21.1. The number of carbonyl (C=O) groups excluding carboxylic acids is 1. The van der Waals surface area contributed by atoms with Crippen molar-refractivity contribution in [1.29, 1.82) is 0 Å². The van der Waals surface area contributed by atoms with E-state index in [2.05, 4.69) is 12.2 Å². The molecule has 1 aliphatic rings. The standard InChI is InChI=1S/C15H28N2O3/c1-3-6-12-8-5-10-17(11-9-12)15(20)16-13(7-4-2)14(18)19/h12-13H,3-11H2,1-2H3,(H,16,20)(H,18,19). The molecule has 0 saturated carbocycles. The zero-order valence-electron chi connectivity index (χ0n) is 12.7. The van der Waals surface area contributed by atoms with Crippen LogP contribution >= 0.6 is 0 Å². The number of nitrogens with one attached hydrogen (secondary N) is 1. The molecule has 1 aliphatic heterocycles. The second-order valence-electron chi connectivity index (χ2n) is 5.70. The summed E-state index contributed by atoms with van der Waals surface area (Å²) < 4.78 is 0. The number of hydrogen-bond donors (Lipinski definition) is 2. The van der Waals surface area contributed by atoms with E-state index in [1.165, 1.54) is 19.3 Å². The molecule has 5 heteroatoms. The van der Waals surface area contributed by atoms with Gasteiger partial charge in [-0.1, -0.05) is 33.1 Å². The third kappa shape index (κ3) is 5.39. The SMILES string of the molecule is CCCC1CCCN(C(=O)NC(CCC)C(=O)O)CC1. The summed E-state index contributed by atoms with van der Waals surface area (Å²) in [6.45, 7) is 5.60. The lowest BCUT2D eigenvalue weighted by Gasteiger charge is -2.23. The highest BCUT2D eigenvalue weighted by Crippen LogP contribution is 2.21. The highest BCUT2D eigenvalue weighted by atomic mass is 16.4. The van der Waals surface area contributed by atoms with E-state index in [1.807, 2.05) is 6.92 Å². The first-order chi connectivity index (χ1) is 9.58. The summed E-state index contributed by atoms with van der Waals surface area (Å²) in [5, 5.41) is 11.7. The van der Waals surface area contributed by atoms with Crippen LogP contribution in [0.5, 0.6) is 0 Å². The van der Waals surface area contributed by atoms with Crippen LogP contribution in [0.1, 0.15) is 58.8 Å². The first-order valence-corrected chi connectivity index (χ1v) is 7.86. The number of nitrogens with zero attached hydrogens (tertiary/aromatic N) is 1. The Morgan fingerprint density at radius 3 is 2.60 bits per heavy atom. The molecule has 0 aromatic rings. The molecule has 1 rings (SSSR count). The summed E-state index contributed by atoms with van der Waals surface area (Å²) in [5.74, 6) is -0.234. The van der Waals surface area contributed by atoms with E-state index >= 15 is 0 Å². The molecule has 5 nitrogen and oxygen atoms in total. The Hall–Kier alpha value is -1.26. The Morgan fingerprint density at radius 2 is 2.00 bits per heavy atom. The third-order valence-corrected chi connectivity index (χ3v) is 4.00. The van der Waals surface area contributed by atoms with Gasteiger partial charge >= 0.3 is 12.0 Å². The topological polar surface area (TPSA) is 69.6 Å². The van der Waals surface area contributed by atoms with Crippen molar-refractivity contribution in [3.05, 3.63) is 0 Å². The molecule has 0 aromatic heterocycles. The lowest BCUT2D eigenvalue weighted by Crippen LogP contribution is -2.48.